The minimum absolute atomic E-state index is 0.553. The standard InChI is InChI=1S/C34H36O4/c1-5-35-29-21-13-9-17-25(29)33(26-18-10-14-22-30(26)36-6-2)34(27-19-11-15-23-31(27)37-7-3)28-20-12-16-24-32(28)38-8-4/h9-24H,5-8H2,1-4H3. The highest BCUT2D eigenvalue weighted by molar-refractivity contribution is 6.08. The van der Waals surface area contributed by atoms with Crippen LogP contribution >= 0.6 is 0 Å². The number of hydrogen-bond donors (Lipinski definition) is 0. The van der Waals surface area contributed by atoms with Gasteiger partial charge in [0.15, 0.2) is 0 Å². The van der Waals surface area contributed by atoms with E-state index in [2.05, 4.69) is 24.3 Å². The molecule has 0 aromatic heterocycles. The first-order valence-corrected chi connectivity index (χ1v) is 13.4. The maximum atomic E-state index is 6.18. The molecule has 4 heteroatoms. The molecule has 0 spiro atoms. The van der Waals surface area contributed by atoms with Crippen LogP contribution in [-0.4, -0.2) is 26.4 Å². The summed E-state index contributed by atoms with van der Waals surface area (Å²) in [5, 5.41) is 0. The van der Waals surface area contributed by atoms with Gasteiger partial charge >= 0.3 is 0 Å². The van der Waals surface area contributed by atoms with E-state index in [1.54, 1.807) is 0 Å². The summed E-state index contributed by atoms with van der Waals surface area (Å²) in [4.78, 5) is 0. The molecule has 4 aromatic carbocycles. The molecular formula is C34H36O4. The van der Waals surface area contributed by atoms with Gasteiger partial charge in [0.25, 0.3) is 0 Å². The van der Waals surface area contributed by atoms with Gasteiger partial charge in [0.2, 0.25) is 0 Å². The van der Waals surface area contributed by atoms with Crippen LogP contribution in [0.2, 0.25) is 0 Å². The van der Waals surface area contributed by atoms with Crippen molar-refractivity contribution in [3.05, 3.63) is 119 Å². The molecule has 0 radical (unpaired) electrons. The van der Waals surface area contributed by atoms with Gasteiger partial charge in [-0.3, -0.25) is 0 Å². The van der Waals surface area contributed by atoms with E-state index in [9.17, 15) is 0 Å². The summed E-state index contributed by atoms with van der Waals surface area (Å²) in [5.41, 5.74) is 5.83. The number of benzene rings is 4. The van der Waals surface area contributed by atoms with Crippen molar-refractivity contribution in [1.29, 1.82) is 0 Å². The molecule has 0 aliphatic heterocycles. The Labute approximate surface area is 226 Å². The van der Waals surface area contributed by atoms with Crippen LogP contribution in [0, 0.1) is 0 Å². The molecule has 0 amide bonds. The molecule has 4 nitrogen and oxygen atoms in total. The minimum atomic E-state index is 0.553. The molecule has 196 valence electrons. The highest BCUT2D eigenvalue weighted by Crippen LogP contribution is 2.47. The molecular weight excluding hydrogens is 472 g/mol. The van der Waals surface area contributed by atoms with Crippen LogP contribution in [0.25, 0.3) is 11.1 Å². The summed E-state index contributed by atoms with van der Waals surface area (Å²) in [6, 6.07) is 32.7. The fourth-order valence-corrected chi connectivity index (χ4v) is 4.65. The maximum absolute atomic E-state index is 6.18. The Morgan fingerprint density at radius 2 is 0.579 bits per heavy atom. The third-order valence-electron chi connectivity index (χ3n) is 6.07. The highest BCUT2D eigenvalue weighted by Gasteiger charge is 2.25. The second-order valence-corrected chi connectivity index (χ2v) is 8.47. The van der Waals surface area contributed by atoms with E-state index in [-0.39, 0.29) is 0 Å². The lowest BCUT2D eigenvalue weighted by Crippen LogP contribution is -2.06. The van der Waals surface area contributed by atoms with Crippen molar-refractivity contribution in [2.45, 2.75) is 27.7 Å². The van der Waals surface area contributed by atoms with Gasteiger partial charge in [-0.05, 0) is 52.0 Å². The zero-order valence-electron chi connectivity index (χ0n) is 22.7. The second-order valence-electron chi connectivity index (χ2n) is 8.47. The Morgan fingerprint density at radius 1 is 0.368 bits per heavy atom. The van der Waals surface area contributed by atoms with E-state index in [4.69, 9.17) is 18.9 Å². The summed E-state index contributed by atoms with van der Waals surface area (Å²) >= 11 is 0. The van der Waals surface area contributed by atoms with Gasteiger partial charge in [0.05, 0.1) is 26.4 Å². The smallest absolute Gasteiger partial charge is 0.127 e. The minimum Gasteiger partial charge on any atom is -0.493 e. The van der Waals surface area contributed by atoms with Gasteiger partial charge < -0.3 is 18.9 Å². The van der Waals surface area contributed by atoms with Gasteiger partial charge in [0.1, 0.15) is 23.0 Å². The summed E-state index contributed by atoms with van der Waals surface area (Å²) < 4.78 is 24.7. The van der Waals surface area contributed by atoms with Crippen molar-refractivity contribution < 1.29 is 18.9 Å². The lowest BCUT2D eigenvalue weighted by atomic mass is 9.84. The van der Waals surface area contributed by atoms with Crippen molar-refractivity contribution in [1.82, 2.24) is 0 Å². The van der Waals surface area contributed by atoms with Crippen LogP contribution in [0.5, 0.6) is 23.0 Å². The molecule has 0 saturated heterocycles. The first kappa shape index (κ1) is 26.9. The topological polar surface area (TPSA) is 36.9 Å². The largest absolute Gasteiger partial charge is 0.493 e. The fourth-order valence-electron chi connectivity index (χ4n) is 4.65. The Morgan fingerprint density at radius 3 is 0.789 bits per heavy atom. The normalized spacial score (nSPS) is 10.5. The molecule has 38 heavy (non-hydrogen) atoms. The lowest BCUT2D eigenvalue weighted by Gasteiger charge is -2.24. The predicted molar refractivity (Wildman–Crippen MR) is 155 cm³/mol. The van der Waals surface area contributed by atoms with E-state index in [0.717, 1.165) is 56.4 Å². The third-order valence-corrected chi connectivity index (χ3v) is 6.07. The Hall–Kier alpha value is -4.18. The summed E-state index contributed by atoms with van der Waals surface area (Å²) in [6.45, 7) is 10.2. The van der Waals surface area contributed by atoms with Crippen LogP contribution in [0.1, 0.15) is 49.9 Å². The molecule has 0 fully saturated rings. The van der Waals surface area contributed by atoms with Crippen LogP contribution in [0.4, 0.5) is 0 Å². The van der Waals surface area contributed by atoms with Gasteiger partial charge in [-0.15, -0.1) is 0 Å². The van der Waals surface area contributed by atoms with Crippen molar-refractivity contribution >= 4 is 11.1 Å². The average Bonchev–Trinajstić information content (AvgIpc) is 2.95. The molecule has 0 atom stereocenters. The second kappa shape index (κ2) is 13.4. The summed E-state index contributed by atoms with van der Waals surface area (Å²) in [6.07, 6.45) is 0. The molecule has 4 rings (SSSR count). The molecule has 0 bridgehead atoms. The van der Waals surface area contributed by atoms with Gasteiger partial charge in [0, 0.05) is 33.4 Å². The quantitative estimate of drug-likeness (QED) is 0.180. The molecule has 0 unspecified atom stereocenters. The van der Waals surface area contributed by atoms with Crippen LogP contribution in [0.3, 0.4) is 0 Å². The maximum Gasteiger partial charge on any atom is 0.127 e. The summed E-state index contributed by atoms with van der Waals surface area (Å²) in [7, 11) is 0. The van der Waals surface area contributed by atoms with E-state index in [0.29, 0.717) is 26.4 Å². The Bertz CT molecular complexity index is 1160. The zero-order valence-corrected chi connectivity index (χ0v) is 22.7. The van der Waals surface area contributed by atoms with E-state index < -0.39 is 0 Å². The molecule has 0 heterocycles. The van der Waals surface area contributed by atoms with Crippen molar-refractivity contribution in [3.63, 3.8) is 0 Å². The molecule has 0 N–H and O–H groups in total. The molecule has 0 saturated carbocycles. The van der Waals surface area contributed by atoms with Crippen molar-refractivity contribution in [2.75, 3.05) is 26.4 Å². The van der Waals surface area contributed by atoms with E-state index in [1.807, 2.05) is 100 Å². The number of ether oxygens (including phenoxy) is 4. The summed E-state index contributed by atoms with van der Waals surface area (Å²) in [5.74, 6) is 3.21. The predicted octanol–water partition coefficient (Wildman–Crippen LogP) is 8.29. The van der Waals surface area contributed by atoms with E-state index >= 15 is 0 Å². The molecule has 0 aliphatic carbocycles. The molecule has 0 aliphatic rings. The number of hydrogen-bond acceptors (Lipinski definition) is 4. The Balaban J connectivity index is 2.23. The zero-order chi connectivity index (χ0) is 26.7. The van der Waals surface area contributed by atoms with Gasteiger partial charge in [-0.2, -0.15) is 0 Å². The monoisotopic (exact) mass is 508 g/mol. The van der Waals surface area contributed by atoms with Crippen LogP contribution < -0.4 is 18.9 Å². The first-order valence-electron chi connectivity index (χ1n) is 13.4. The molecule has 4 aromatic rings. The number of rotatable bonds is 12. The highest BCUT2D eigenvalue weighted by atomic mass is 16.5. The fraction of sp³-hybridized carbons (Fsp3) is 0.235. The number of para-hydroxylation sites is 4. The lowest BCUT2D eigenvalue weighted by molar-refractivity contribution is 0.336. The Kier molecular flexibility index (Phi) is 9.47. The van der Waals surface area contributed by atoms with Crippen molar-refractivity contribution in [2.24, 2.45) is 0 Å². The van der Waals surface area contributed by atoms with Gasteiger partial charge in [-0.1, -0.05) is 72.8 Å². The van der Waals surface area contributed by atoms with Gasteiger partial charge in [-0.25, -0.2) is 0 Å². The van der Waals surface area contributed by atoms with Crippen LogP contribution in [0.15, 0.2) is 97.1 Å². The first-order chi connectivity index (χ1) is 18.7. The van der Waals surface area contributed by atoms with Crippen LogP contribution in [-0.2, 0) is 0 Å². The average molecular weight is 509 g/mol. The van der Waals surface area contributed by atoms with E-state index in [1.165, 1.54) is 0 Å². The SMILES string of the molecule is CCOc1ccccc1C(=C(c1ccccc1OCC)c1ccccc1OCC)c1ccccc1OCC. The third kappa shape index (κ3) is 5.86. The van der Waals surface area contributed by atoms with Crippen molar-refractivity contribution in [3.8, 4) is 23.0 Å².